The van der Waals surface area contributed by atoms with Gasteiger partial charge in [0.05, 0.1) is 0 Å². The van der Waals surface area contributed by atoms with E-state index in [1.807, 2.05) is 0 Å². The molecule has 2 aromatic rings. The predicted molar refractivity (Wildman–Crippen MR) is 43.3 cm³/mol. The van der Waals surface area contributed by atoms with Crippen LogP contribution in [0.3, 0.4) is 0 Å². The lowest BCUT2D eigenvalue weighted by atomic mass is 10.4. The molecule has 0 aromatic carbocycles. The molecule has 5 heteroatoms. The van der Waals surface area contributed by atoms with E-state index in [2.05, 4.69) is 15.0 Å². The van der Waals surface area contributed by atoms with E-state index in [-0.39, 0.29) is 5.95 Å². The molecule has 0 radical (unpaired) electrons. The van der Waals surface area contributed by atoms with Gasteiger partial charge in [0, 0.05) is 11.6 Å². The minimum atomic E-state index is 0.246. The lowest BCUT2D eigenvalue weighted by molar-refractivity contribution is 1.22. The number of aromatic nitrogens is 3. The minimum absolute atomic E-state index is 0.246. The van der Waals surface area contributed by atoms with Crippen molar-refractivity contribution in [1.82, 2.24) is 15.0 Å². The fourth-order valence-corrected chi connectivity index (χ4v) is 1.10. The normalized spacial score (nSPS) is 10.6. The van der Waals surface area contributed by atoms with Crippen LogP contribution in [0.1, 0.15) is 0 Å². The summed E-state index contributed by atoms with van der Waals surface area (Å²) in [7, 11) is 0. The highest BCUT2D eigenvalue weighted by Gasteiger charge is 1.99. The molecule has 2 heterocycles. The van der Waals surface area contributed by atoms with Gasteiger partial charge in [0.1, 0.15) is 10.8 Å². The molecule has 0 atom stereocenters. The Morgan fingerprint density at radius 1 is 1.55 bits per heavy atom. The van der Waals surface area contributed by atoms with Crippen LogP contribution in [-0.4, -0.2) is 15.0 Å². The number of aromatic amines is 1. The molecule has 0 unspecified atom stereocenters. The van der Waals surface area contributed by atoms with Gasteiger partial charge in [-0.05, 0) is 6.07 Å². The van der Waals surface area contributed by atoms with Crippen LogP contribution < -0.4 is 5.73 Å². The van der Waals surface area contributed by atoms with Gasteiger partial charge in [-0.25, -0.2) is 4.98 Å². The van der Waals surface area contributed by atoms with Crippen molar-refractivity contribution in [2.75, 3.05) is 5.73 Å². The Hall–Kier alpha value is -1.29. The average Bonchev–Trinajstić information content (AvgIpc) is 2.27. The molecule has 0 aliphatic carbocycles. The average molecular weight is 169 g/mol. The second-order valence-electron chi connectivity index (χ2n) is 2.15. The molecule has 0 amide bonds. The number of fused-ring (bicyclic) bond motifs is 1. The zero-order valence-electron chi connectivity index (χ0n) is 5.50. The molecule has 0 spiro atoms. The predicted octanol–water partition coefficient (Wildman–Crippen LogP) is 1.19. The maximum Gasteiger partial charge on any atom is 0.221 e. The van der Waals surface area contributed by atoms with Crippen LogP contribution in [0.15, 0.2) is 12.3 Å². The molecule has 0 fully saturated rings. The summed E-state index contributed by atoms with van der Waals surface area (Å²) in [6.45, 7) is 0. The van der Waals surface area contributed by atoms with Gasteiger partial charge in [0.2, 0.25) is 5.95 Å². The number of nitrogens with zero attached hydrogens (tertiary/aromatic N) is 2. The smallest absolute Gasteiger partial charge is 0.221 e. The van der Waals surface area contributed by atoms with Gasteiger partial charge in [-0.2, -0.15) is 4.98 Å². The summed E-state index contributed by atoms with van der Waals surface area (Å²) in [5.74, 6) is 0.246. The van der Waals surface area contributed by atoms with E-state index in [9.17, 15) is 0 Å². The quantitative estimate of drug-likeness (QED) is 0.621. The summed E-state index contributed by atoms with van der Waals surface area (Å²) in [4.78, 5) is 10.6. The summed E-state index contributed by atoms with van der Waals surface area (Å²) < 4.78 is 0. The standard InChI is InChI=1S/C6H5ClN4/c7-4-1-3-2-9-6(8)11-5(3)10-4/h1-2H,(H3,8,9,10,11). The Kier molecular flexibility index (Phi) is 1.22. The van der Waals surface area contributed by atoms with Crippen molar-refractivity contribution in [1.29, 1.82) is 0 Å². The van der Waals surface area contributed by atoms with E-state index >= 15 is 0 Å². The Bertz CT molecular complexity index is 394. The largest absolute Gasteiger partial charge is 0.368 e. The number of hydrogen-bond acceptors (Lipinski definition) is 3. The Morgan fingerprint density at radius 2 is 2.36 bits per heavy atom. The van der Waals surface area contributed by atoms with E-state index in [1.165, 1.54) is 0 Å². The number of nitrogen functional groups attached to an aromatic ring is 1. The number of rotatable bonds is 0. The van der Waals surface area contributed by atoms with E-state index in [1.54, 1.807) is 12.3 Å². The first-order valence-corrected chi connectivity index (χ1v) is 3.40. The monoisotopic (exact) mass is 168 g/mol. The first-order valence-electron chi connectivity index (χ1n) is 3.02. The summed E-state index contributed by atoms with van der Waals surface area (Å²) in [6.07, 6.45) is 1.63. The van der Waals surface area contributed by atoms with Gasteiger partial charge in [0.25, 0.3) is 0 Å². The van der Waals surface area contributed by atoms with Crippen molar-refractivity contribution in [3.05, 3.63) is 17.4 Å². The molecular formula is C6H5ClN4. The Balaban J connectivity index is 2.82. The van der Waals surface area contributed by atoms with Crippen molar-refractivity contribution in [3.63, 3.8) is 0 Å². The van der Waals surface area contributed by atoms with E-state index < -0.39 is 0 Å². The van der Waals surface area contributed by atoms with Gasteiger partial charge >= 0.3 is 0 Å². The summed E-state index contributed by atoms with van der Waals surface area (Å²) in [6, 6.07) is 1.75. The Morgan fingerprint density at radius 3 is 3.18 bits per heavy atom. The van der Waals surface area contributed by atoms with Gasteiger partial charge in [-0.3, -0.25) is 0 Å². The highest BCUT2D eigenvalue weighted by atomic mass is 35.5. The van der Waals surface area contributed by atoms with Crippen molar-refractivity contribution < 1.29 is 0 Å². The van der Waals surface area contributed by atoms with Crippen LogP contribution in [0.4, 0.5) is 5.95 Å². The first kappa shape index (κ1) is 6.42. The number of H-pyrrole nitrogens is 1. The van der Waals surface area contributed by atoms with E-state index in [0.717, 1.165) is 5.39 Å². The van der Waals surface area contributed by atoms with Gasteiger partial charge in [-0.15, -0.1) is 0 Å². The zero-order chi connectivity index (χ0) is 7.84. The topological polar surface area (TPSA) is 67.6 Å². The number of anilines is 1. The van der Waals surface area contributed by atoms with Crippen molar-refractivity contribution in [3.8, 4) is 0 Å². The summed E-state index contributed by atoms with van der Waals surface area (Å²) in [5, 5.41) is 1.41. The van der Waals surface area contributed by atoms with E-state index in [4.69, 9.17) is 17.3 Å². The molecule has 2 rings (SSSR count). The third-order valence-electron chi connectivity index (χ3n) is 1.36. The molecule has 0 aliphatic heterocycles. The number of nitrogens with two attached hydrogens (primary N) is 1. The van der Waals surface area contributed by atoms with Crippen LogP contribution >= 0.6 is 11.6 Å². The third kappa shape index (κ3) is 1.01. The molecule has 0 saturated heterocycles. The molecule has 0 aliphatic rings. The van der Waals surface area contributed by atoms with Crippen molar-refractivity contribution in [2.24, 2.45) is 0 Å². The fourth-order valence-electron chi connectivity index (χ4n) is 0.896. The van der Waals surface area contributed by atoms with Crippen LogP contribution in [0.25, 0.3) is 11.0 Å². The number of nitrogens with one attached hydrogen (secondary N) is 1. The minimum Gasteiger partial charge on any atom is -0.368 e. The third-order valence-corrected chi connectivity index (χ3v) is 1.56. The number of hydrogen-bond donors (Lipinski definition) is 2. The summed E-state index contributed by atoms with van der Waals surface area (Å²) >= 11 is 5.67. The second-order valence-corrected chi connectivity index (χ2v) is 2.56. The highest BCUT2D eigenvalue weighted by Crippen LogP contribution is 2.15. The SMILES string of the molecule is Nc1ncc2cc(Cl)[nH]c2n1. The van der Waals surface area contributed by atoms with Crippen LogP contribution in [0.2, 0.25) is 5.15 Å². The first-order chi connectivity index (χ1) is 5.25. The van der Waals surface area contributed by atoms with Crippen LogP contribution in [0, 0.1) is 0 Å². The van der Waals surface area contributed by atoms with Crippen molar-refractivity contribution >= 4 is 28.6 Å². The molecule has 0 saturated carbocycles. The van der Waals surface area contributed by atoms with Gasteiger partial charge in [-0.1, -0.05) is 11.6 Å². The lowest BCUT2D eigenvalue weighted by Gasteiger charge is -1.88. The molecule has 56 valence electrons. The van der Waals surface area contributed by atoms with Crippen molar-refractivity contribution in [2.45, 2.75) is 0 Å². The second kappa shape index (κ2) is 2.10. The summed E-state index contributed by atoms with van der Waals surface area (Å²) in [5.41, 5.74) is 6.02. The Labute approximate surface area is 67.4 Å². The lowest BCUT2D eigenvalue weighted by Crippen LogP contribution is -1.92. The highest BCUT2D eigenvalue weighted by molar-refractivity contribution is 6.30. The molecular weight excluding hydrogens is 164 g/mol. The molecule has 3 N–H and O–H groups in total. The van der Waals surface area contributed by atoms with Crippen LogP contribution in [-0.2, 0) is 0 Å². The van der Waals surface area contributed by atoms with Gasteiger partial charge < -0.3 is 10.7 Å². The van der Waals surface area contributed by atoms with E-state index in [0.29, 0.717) is 10.8 Å². The fraction of sp³-hybridized carbons (Fsp3) is 0. The maximum atomic E-state index is 5.67. The van der Waals surface area contributed by atoms with Gasteiger partial charge in [0.15, 0.2) is 0 Å². The number of halogens is 1. The molecule has 4 nitrogen and oxygen atoms in total. The molecule has 0 bridgehead atoms. The van der Waals surface area contributed by atoms with Crippen LogP contribution in [0.5, 0.6) is 0 Å². The zero-order valence-corrected chi connectivity index (χ0v) is 6.26. The maximum absolute atomic E-state index is 5.67. The molecule has 2 aromatic heterocycles. The molecule has 11 heavy (non-hydrogen) atoms.